The first-order valence-electron chi connectivity index (χ1n) is 6.80. The second kappa shape index (κ2) is 7.84. The molecule has 3 rings (SSSR count). The number of thioether (sulfide) groups is 1. The molecule has 1 aliphatic rings. The van der Waals surface area contributed by atoms with Crippen LogP contribution in [-0.2, 0) is 6.54 Å². The van der Waals surface area contributed by atoms with E-state index in [0.717, 1.165) is 35.7 Å². The van der Waals surface area contributed by atoms with Gasteiger partial charge < -0.3 is 10.6 Å². The molecule has 1 fully saturated rings. The largest absolute Gasteiger partial charge is 0.370 e. The summed E-state index contributed by atoms with van der Waals surface area (Å²) in [5, 5.41) is 2.35. The Hall–Kier alpha value is -1.02. The van der Waals surface area contributed by atoms with Gasteiger partial charge in [0, 0.05) is 36.2 Å². The molecule has 21 heavy (non-hydrogen) atoms. The molecule has 4 nitrogen and oxygen atoms in total. The summed E-state index contributed by atoms with van der Waals surface area (Å²) in [7, 11) is 0. The number of fused-ring (bicyclic) bond motifs is 1. The zero-order chi connectivity index (χ0) is 13.8. The van der Waals surface area contributed by atoms with E-state index in [4.69, 9.17) is 5.73 Å². The fraction of sp³-hybridized carbons (Fsp3) is 0.333. The molecule has 0 amide bonds. The molecule has 6 heteroatoms. The number of hydrogen-bond acceptors (Lipinski definition) is 3. The Balaban J connectivity index is 0.00000161. The van der Waals surface area contributed by atoms with Crippen molar-refractivity contribution in [3.05, 3.63) is 42.2 Å². The predicted molar refractivity (Wildman–Crippen MR) is 101 cm³/mol. The Labute approximate surface area is 146 Å². The molecular weight excluding hydrogens is 395 g/mol. The highest BCUT2D eigenvalue weighted by molar-refractivity contribution is 14.0. The molecule has 2 aromatic rings. The summed E-state index contributed by atoms with van der Waals surface area (Å²) in [5.41, 5.74) is 7.06. The van der Waals surface area contributed by atoms with E-state index in [9.17, 15) is 0 Å². The lowest BCUT2D eigenvalue weighted by Crippen LogP contribution is -2.42. The molecule has 112 valence electrons. The van der Waals surface area contributed by atoms with Gasteiger partial charge in [-0.1, -0.05) is 24.3 Å². The summed E-state index contributed by atoms with van der Waals surface area (Å²) in [5.74, 6) is 2.89. The second-order valence-electron chi connectivity index (χ2n) is 4.75. The number of rotatable bonds is 2. The van der Waals surface area contributed by atoms with Gasteiger partial charge in [-0.25, -0.2) is 4.99 Å². The van der Waals surface area contributed by atoms with E-state index in [-0.39, 0.29) is 24.0 Å². The van der Waals surface area contributed by atoms with Crippen molar-refractivity contribution in [1.29, 1.82) is 0 Å². The van der Waals surface area contributed by atoms with E-state index < -0.39 is 0 Å². The molecule has 1 aromatic heterocycles. The van der Waals surface area contributed by atoms with Crippen LogP contribution in [0, 0.1) is 0 Å². The van der Waals surface area contributed by atoms with Crippen molar-refractivity contribution >= 4 is 52.5 Å². The minimum atomic E-state index is 0. The molecule has 0 aliphatic carbocycles. The highest BCUT2D eigenvalue weighted by Crippen LogP contribution is 2.17. The van der Waals surface area contributed by atoms with Crippen molar-refractivity contribution in [2.45, 2.75) is 6.54 Å². The number of halogens is 1. The average Bonchev–Trinajstić information content (AvgIpc) is 2.53. The van der Waals surface area contributed by atoms with Gasteiger partial charge in [0.1, 0.15) is 0 Å². The van der Waals surface area contributed by atoms with Crippen molar-refractivity contribution in [3.63, 3.8) is 0 Å². The van der Waals surface area contributed by atoms with Gasteiger partial charge in [0.25, 0.3) is 0 Å². The predicted octanol–water partition coefficient (Wildman–Crippen LogP) is 2.72. The van der Waals surface area contributed by atoms with Crippen LogP contribution in [0.15, 0.2) is 41.5 Å². The van der Waals surface area contributed by atoms with Crippen LogP contribution < -0.4 is 5.73 Å². The van der Waals surface area contributed by atoms with Crippen molar-refractivity contribution in [3.8, 4) is 0 Å². The Morgan fingerprint density at radius 2 is 2.00 bits per heavy atom. The van der Waals surface area contributed by atoms with Gasteiger partial charge >= 0.3 is 0 Å². The normalized spacial score (nSPS) is 15.8. The van der Waals surface area contributed by atoms with Gasteiger partial charge in [-0.15, -0.1) is 24.0 Å². The van der Waals surface area contributed by atoms with Gasteiger partial charge in [0.15, 0.2) is 5.96 Å². The third-order valence-corrected chi connectivity index (χ3v) is 4.42. The van der Waals surface area contributed by atoms with Crippen LogP contribution in [0.25, 0.3) is 10.8 Å². The zero-order valence-corrected chi connectivity index (χ0v) is 14.9. The molecule has 0 radical (unpaired) electrons. The van der Waals surface area contributed by atoms with E-state index in [0.29, 0.717) is 12.5 Å². The fourth-order valence-corrected chi connectivity index (χ4v) is 3.26. The van der Waals surface area contributed by atoms with Crippen molar-refractivity contribution < 1.29 is 0 Å². The third-order valence-electron chi connectivity index (χ3n) is 3.48. The van der Waals surface area contributed by atoms with Crippen molar-refractivity contribution in [2.24, 2.45) is 10.7 Å². The fourth-order valence-electron chi connectivity index (χ4n) is 2.36. The van der Waals surface area contributed by atoms with Gasteiger partial charge in [-0.2, -0.15) is 11.8 Å². The van der Waals surface area contributed by atoms with Gasteiger partial charge in [0.2, 0.25) is 0 Å². The highest BCUT2D eigenvalue weighted by atomic mass is 127. The summed E-state index contributed by atoms with van der Waals surface area (Å²) in [6.45, 7) is 2.52. The first kappa shape index (κ1) is 16.4. The highest BCUT2D eigenvalue weighted by Gasteiger charge is 2.12. The monoisotopic (exact) mass is 414 g/mol. The smallest absolute Gasteiger partial charge is 0.191 e. The maximum Gasteiger partial charge on any atom is 0.191 e. The van der Waals surface area contributed by atoms with Crippen LogP contribution in [0.1, 0.15) is 5.69 Å². The number of aliphatic imine (C=N–C) groups is 1. The standard InChI is InChI=1S/C15H18N4S.HI/c16-15(19-7-9-20-10-8-19)18-11-14-13-4-2-1-3-12(13)5-6-17-14;/h1-6H,7-11H2,(H2,16,18);1H. The molecule has 0 unspecified atom stereocenters. The van der Waals surface area contributed by atoms with E-state index in [1.54, 1.807) is 0 Å². The summed E-state index contributed by atoms with van der Waals surface area (Å²) in [6, 6.07) is 10.3. The molecule has 1 saturated heterocycles. The molecule has 0 atom stereocenters. The Morgan fingerprint density at radius 1 is 1.24 bits per heavy atom. The van der Waals surface area contributed by atoms with Crippen LogP contribution in [0.4, 0.5) is 0 Å². The molecule has 0 spiro atoms. The van der Waals surface area contributed by atoms with Crippen LogP contribution in [-0.4, -0.2) is 40.4 Å². The molecule has 2 heterocycles. The molecule has 1 aromatic carbocycles. The average molecular weight is 414 g/mol. The number of nitrogens with zero attached hydrogens (tertiary/aromatic N) is 3. The first-order valence-corrected chi connectivity index (χ1v) is 7.95. The van der Waals surface area contributed by atoms with Gasteiger partial charge in [0.05, 0.1) is 12.2 Å². The Morgan fingerprint density at radius 3 is 2.81 bits per heavy atom. The van der Waals surface area contributed by atoms with Crippen LogP contribution in [0.3, 0.4) is 0 Å². The summed E-state index contributed by atoms with van der Waals surface area (Å²) >= 11 is 1.97. The maximum atomic E-state index is 6.08. The third kappa shape index (κ3) is 4.00. The second-order valence-corrected chi connectivity index (χ2v) is 5.98. The number of aromatic nitrogens is 1. The SMILES string of the molecule is I.NC(=NCc1nccc2ccccc12)N1CCSCC1. The number of guanidine groups is 1. The number of pyridine rings is 1. The number of nitrogens with two attached hydrogens (primary N) is 1. The quantitative estimate of drug-likeness (QED) is 0.467. The van der Waals surface area contributed by atoms with E-state index >= 15 is 0 Å². The van der Waals surface area contributed by atoms with E-state index in [1.165, 1.54) is 5.39 Å². The maximum absolute atomic E-state index is 6.08. The summed E-state index contributed by atoms with van der Waals surface area (Å²) in [6.07, 6.45) is 1.83. The first-order chi connectivity index (χ1) is 9.84. The van der Waals surface area contributed by atoms with Gasteiger partial charge in [-0.3, -0.25) is 4.98 Å². The lowest BCUT2D eigenvalue weighted by Gasteiger charge is -2.27. The molecular formula is C15H19IN4S. The van der Waals surface area contributed by atoms with Crippen LogP contribution >= 0.6 is 35.7 Å². The van der Waals surface area contributed by atoms with E-state index in [1.807, 2.05) is 36.2 Å². The van der Waals surface area contributed by atoms with Crippen molar-refractivity contribution in [1.82, 2.24) is 9.88 Å². The summed E-state index contributed by atoms with van der Waals surface area (Å²) < 4.78 is 0. The molecule has 1 aliphatic heterocycles. The number of hydrogen-bond donors (Lipinski definition) is 1. The van der Waals surface area contributed by atoms with Crippen LogP contribution in [0.2, 0.25) is 0 Å². The van der Waals surface area contributed by atoms with E-state index in [2.05, 4.69) is 27.0 Å². The van der Waals surface area contributed by atoms with Crippen molar-refractivity contribution in [2.75, 3.05) is 24.6 Å². The lowest BCUT2D eigenvalue weighted by molar-refractivity contribution is 0.455. The van der Waals surface area contributed by atoms with Gasteiger partial charge in [-0.05, 0) is 11.5 Å². The Bertz CT molecular complexity index is 621. The minimum absolute atomic E-state index is 0. The number of benzene rings is 1. The topological polar surface area (TPSA) is 54.5 Å². The lowest BCUT2D eigenvalue weighted by atomic mass is 10.1. The molecule has 0 saturated carbocycles. The molecule has 0 bridgehead atoms. The molecule has 2 N–H and O–H groups in total. The van der Waals surface area contributed by atoms with Crippen LogP contribution in [0.5, 0.6) is 0 Å². The summed E-state index contributed by atoms with van der Waals surface area (Å²) in [4.78, 5) is 11.1. The zero-order valence-electron chi connectivity index (χ0n) is 11.7. The Kier molecular flexibility index (Phi) is 6.10. The minimum Gasteiger partial charge on any atom is -0.370 e.